The molecule has 0 saturated carbocycles. The van der Waals surface area contributed by atoms with Gasteiger partial charge in [0.2, 0.25) is 0 Å². The lowest BCUT2D eigenvalue weighted by atomic mass is 10.1. The number of nitro benzene ring substituents is 1. The number of para-hydroxylation sites is 1. The maximum atomic E-state index is 11.2. The first-order valence-corrected chi connectivity index (χ1v) is 10.2. The minimum absolute atomic E-state index is 0.113. The van der Waals surface area contributed by atoms with Gasteiger partial charge in [0.25, 0.3) is 5.69 Å². The Bertz CT molecular complexity index is 926. The summed E-state index contributed by atoms with van der Waals surface area (Å²) in [6, 6.07) is 12.6. The summed E-state index contributed by atoms with van der Waals surface area (Å²) in [5.74, 6) is 2.41. The minimum Gasteiger partial charge on any atom is -0.497 e. The van der Waals surface area contributed by atoms with Crippen LogP contribution in [-0.4, -0.2) is 68.1 Å². The van der Waals surface area contributed by atoms with Crippen molar-refractivity contribution in [3.05, 3.63) is 63.7 Å². The number of rotatable bonds is 7. The lowest BCUT2D eigenvalue weighted by Crippen LogP contribution is -2.52. The van der Waals surface area contributed by atoms with E-state index in [2.05, 4.69) is 20.1 Å². The molecule has 1 fully saturated rings. The number of nitrogens with one attached hydrogen (secondary N) is 1. The van der Waals surface area contributed by atoms with Crippen LogP contribution in [0.4, 0.5) is 5.69 Å². The van der Waals surface area contributed by atoms with Crippen molar-refractivity contribution >= 4 is 11.6 Å². The first-order chi connectivity index (χ1) is 15.0. The van der Waals surface area contributed by atoms with Gasteiger partial charge in [-0.25, -0.2) is 0 Å². The second-order valence-corrected chi connectivity index (χ2v) is 7.23. The summed E-state index contributed by atoms with van der Waals surface area (Å²) in [6.45, 7) is 4.48. The molecule has 9 nitrogen and oxygen atoms in total. The van der Waals surface area contributed by atoms with E-state index in [1.807, 2.05) is 18.2 Å². The molecule has 1 aliphatic heterocycles. The van der Waals surface area contributed by atoms with Gasteiger partial charge in [-0.3, -0.25) is 20.0 Å². The Morgan fingerprint density at radius 3 is 2.48 bits per heavy atom. The smallest absolute Gasteiger partial charge is 0.274 e. The van der Waals surface area contributed by atoms with Crippen molar-refractivity contribution in [1.29, 1.82) is 0 Å². The van der Waals surface area contributed by atoms with Crippen LogP contribution < -0.4 is 14.8 Å². The first kappa shape index (κ1) is 22.4. The molecule has 1 N–H and O–H groups in total. The van der Waals surface area contributed by atoms with E-state index in [1.54, 1.807) is 39.5 Å². The number of guanidine groups is 1. The molecule has 0 amide bonds. The molecular formula is C22H29N5O4. The van der Waals surface area contributed by atoms with Crippen LogP contribution in [0.25, 0.3) is 0 Å². The minimum atomic E-state index is -0.356. The van der Waals surface area contributed by atoms with Gasteiger partial charge in [-0.15, -0.1) is 0 Å². The summed E-state index contributed by atoms with van der Waals surface area (Å²) in [4.78, 5) is 19.8. The Balaban J connectivity index is 1.57. The molecule has 0 aliphatic carbocycles. The number of aliphatic imine (C=N–C) groups is 1. The second kappa shape index (κ2) is 10.6. The fraction of sp³-hybridized carbons (Fsp3) is 0.409. The van der Waals surface area contributed by atoms with E-state index in [0.717, 1.165) is 55.7 Å². The number of ether oxygens (including phenoxy) is 2. The van der Waals surface area contributed by atoms with Gasteiger partial charge in [0.1, 0.15) is 11.5 Å². The molecular weight excluding hydrogens is 398 g/mol. The van der Waals surface area contributed by atoms with Crippen molar-refractivity contribution in [1.82, 2.24) is 15.1 Å². The van der Waals surface area contributed by atoms with Gasteiger partial charge in [-0.1, -0.05) is 18.2 Å². The molecule has 1 saturated heterocycles. The van der Waals surface area contributed by atoms with E-state index >= 15 is 0 Å². The molecule has 2 aromatic rings. The molecule has 0 atom stereocenters. The molecule has 0 aromatic heterocycles. The topological polar surface area (TPSA) is 92.5 Å². The van der Waals surface area contributed by atoms with Gasteiger partial charge in [-0.2, -0.15) is 0 Å². The summed E-state index contributed by atoms with van der Waals surface area (Å²) in [6.07, 6.45) is 0. The fourth-order valence-electron chi connectivity index (χ4n) is 3.71. The maximum Gasteiger partial charge on any atom is 0.274 e. The number of piperazine rings is 1. The van der Waals surface area contributed by atoms with E-state index in [4.69, 9.17) is 9.47 Å². The normalized spacial score (nSPS) is 14.9. The van der Waals surface area contributed by atoms with Crippen LogP contribution in [-0.2, 0) is 13.1 Å². The highest BCUT2D eigenvalue weighted by atomic mass is 16.6. The Hall–Kier alpha value is -3.33. The van der Waals surface area contributed by atoms with E-state index in [9.17, 15) is 10.1 Å². The third-order valence-electron chi connectivity index (χ3n) is 5.39. The van der Waals surface area contributed by atoms with E-state index in [-0.39, 0.29) is 10.6 Å². The van der Waals surface area contributed by atoms with Crippen molar-refractivity contribution in [2.24, 2.45) is 4.99 Å². The predicted molar refractivity (Wildman–Crippen MR) is 120 cm³/mol. The monoisotopic (exact) mass is 427 g/mol. The van der Waals surface area contributed by atoms with E-state index < -0.39 is 0 Å². The highest BCUT2D eigenvalue weighted by Crippen LogP contribution is 2.25. The van der Waals surface area contributed by atoms with Crippen molar-refractivity contribution in [3.63, 3.8) is 0 Å². The molecule has 0 unspecified atom stereocenters. The summed E-state index contributed by atoms with van der Waals surface area (Å²) in [7, 11) is 5.07. The number of nitrogens with zero attached hydrogens (tertiary/aromatic N) is 4. The molecule has 9 heteroatoms. The quantitative estimate of drug-likeness (QED) is 0.314. The lowest BCUT2D eigenvalue weighted by Gasteiger charge is -2.36. The van der Waals surface area contributed by atoms with Crippen molar-refractivity contribution in [2.45, 2.75) is 13.1 Å². The Labute approximate surface area is 182 Å². The Kier molecular flexibility index (Phi) is 7.66. The zero-order valence-corrected chi connectivity index (χ0v) is 18.2. The standard InChI is InChI=1S/C22H29N5O4/c1-23-22(24-15-17-6-4-5-7-20(17)27(28)29)26-12-10-25(11-13-26)16-18-14-19(30-2)8-9-21(18)31-3/h4-9,14H,10-13,15-16H2,1-3H3,(H,23,24). The largest absolute Gasteiger partial charge is 0.497 e. The lowest BCUT2D eigenvalue weighted by molar-refractivity contribution is -0.385. The van der Waals surface area contributed by atoms with Crippen LogP contribution in [0, 0.1) is 10.1 Å². The van der Waals surface area contributed by atoms with Crippen LogP contribution >= 0.6 is 0 Å². The van der Waals surface area contributed by atoms with Crippen LogP contribution in [0.3, 0.4) is 0 Å². The predicted octanol–water partition coefficient (Wildman–Crippen LogP) is 2.51. The molecule has 166 valence electrons. The van der Waals surface area contributed by atoms with Crippen LogP contribution in [0.1, 0.15) is 11.1 Å². The number of benzene rings is 2. The highest BCUT2D eigenvalue weighted by Gasteiger charge is 2.21. The average molecular weight is 428 g/mol. The summed E-state index contributed by atoms with van der Waals surface area (Å²) < 4.78 is 10.8. The average Bonchev–Trinajstić information content (AvgIpc) is 2.80. The zero-order valence-electron chi connectivity index (χ0n) is 18.2. The van der Waals surface area contributed by atoms with Gasteiger partial charge in [-0.05, 0) is 18.2 Å². The number of hydrogen-bond donors (Lipinski definition) is 1. The van der Waals surface area contributed by atoms with Crippen molar-refractivity contribution < 1.29 is 14.4 Å². The summed E-state index contributed by atoms with van der Waals surface area (Å²) >= 11 is 0. The second-order valence-electron chi connectivity index (χ2n) is 7.23. The molecule has 0 bridgehead atoms. The maximum absolute atomic E-state index is 11.2. The van der Waals surface area contributed by atoms with Gasteiger partial charge >= 0.3 is 0 Å². The van der Waals surface area contributed by atoms with Crippen molar-refractivity contribution in [3.8, 4) is 11.5 Å². The molecule has 0 spiro atoms. The SMILES string of the molecule is CN=C(NCc1ccccc1[N+](=O)[O-])N1CCN(Cc2cc(OC)ccc2OC)CC1. The Morgan fingerprint density at radius 1 is 1.10 bits per heavy atom. The highest BCUT2D eigenvalue weighted by molar-refractivity contribution is 5.80. The summed E-state index contributed by atoms with van der Waals surface area (Å²) in [5, 5.41) is 14.5. The third-order valence-corrected chi connectivity index (χ3v) is 5.39. The van der Waals surface area contributed by atoms with Gasteiger partial charge in [0, 0.05) is 63.5 Å². The van der Waals surface area contributed by atoms with Gasteiger partial charge in [0.05, 0.1) is 19.1 Å². The molecule has 0 radical (unpaired) electrons. The van der Waals surface area contributed by atoms with Gasteiger partial charge in [0.15, 0.2) is 5.96 Å². The number of methoxy groups -OCH3 is 2. The van der Waals surface area contributed by atoms with Crippen LogP contribution in [0.15, 0.2) is 47.5 Å². The molecule has 2 aromatic carbocycles. The Morgan fingerprint density at radius 2 is 1.84 bits per heavy atom. The third kappa shape index (κ3) is 5.64. The van der Waals surface area contributed by atoms with Crippen LogP contribution in [0.5, 0.6) is 11.5 Å². The molecule has 1 aliphatic rings. The van der Waals surface area contributed by atoms with Gasteiger partial charge < -0.3 is 19.7 Å². The number of nitro groups is 1. The zero-order chi connectivity index (χ0) is 22.2. The van der Waals surface area contributed by atoms with E-state index in [1.165, 1.54) is 6.07 Å². The van der Waals surface area contributed by atoms with Crippen molar-refractivity contribution in [2.75, 3.05) is 47.4 Å². The first-order valence-electron chi connectivity index (χ1n) is 10.2. The van der Waals surface area contributed by atoms with Crippen LogP contribution in [0.2, 0.25) is 0 Å². The summed E-state index contributed by atoms with van der Waals surface area (Å²) in [5.41, 5.74) is 1.84. The number of hydrogen-bond acceptors (Lipinski definition) is 6. The molecule has 3 rings (SSSR count). The molecule has 1 heterocycles. The fourth-order valence-corrected chi connectivity index (χ4v) is 3.71. The van der Waals surface area contributed by atoms with E-state index in [0.29, 0.717) is 12.1 Å². The molecule has 31 heavy (non-hydrogen) atoms.